The van der Waals surface area contributed by atoms with Gasteiger partial charge in [0.25, 0.3) is 10.0 Å². The average Bonchev–Trinajstić information content (AvgIpc) is 3.26. The summed E-state index contributed by atoms with van der Waals surface area (Å²) in [5.41, 5.74) is 5.13. The van der Waals surface area contributed by atoms with Crippen LogP contribution in [0.15, 0.2) is 82.2 Å². The van der Waals surface area contributed by atoms with Crippen LogP contribution >= 0.6 is 15.9 Å². The molecule has 5 heteroatoms. The number of nitrogens with zero attached hydrogens (tertiary/aromatic N) is 1. The predicted molar refractivity (Wildman–Crippen MR) is 120 cm³/mol. The van der Waals surface area contributed by atoms with Crippen molar-refractivity contribution in [3.8, 4) is 0 Å². The van der Waals surface area contributed by atoms with Crippen LogP contribution in [0, 0.1) is 6.92 Å². The van der Waals surface area contributed by atoms with Gasteiger partial charge in [0.15, 0.2) is 0 Å². The molecule has 0 spiro atoms. The molecule has 5 rings (SSSR count). The van der Waals surface area contributed by atoms with Crippen molar-refractivity contribution >= 4 is 36.9 Å². The van der Waals surface area contributed by atoms with E-state index >= 15 is 0 Å². The normalized spacial score (nSPS) is 16.3. The standard InChI is InChI=1S/C24H20BrNO2S/c1-16-6-12-20(13-7-16)29(27,28)26-23-5-3-2-4-21(23)22-14-18(15-24(22)26)17-8-10-19(25)11-9-17/h2-13,18H,14-15H2,1H3. The maximum Gasteiger partial charge on any atom is 0.268 e. The van der Waals surface area contributed by atoms with Crippen LogP contribution in [0.3, 0.4) is 0 Å². The summed E-state index contributed by atoms with van der Waals surface area (Å²) in [7, 11) is -3.67. The van der Waals surface area contributed by atoms with Crippen molar-refractivity contribution < 1.29 is 8.42 Å². The van der Waals surface area contributed by atoms with Gasteiger partial charge in [-0.2, -0.15) is 0 Å². The molecule has 0 N–H and O–H groups in total. The van der Waals surface area contributed by atoms with E-state index in [1.807, 2.05) is 55.5 Å². The first-order valence-corrected chi connectivity index (χ1v) is 11.9. The van der Waals surface area contributed by atoms with E-state index in [1.165, 1.54) is 5.56 Å². The van der Waals surface area contributed by atoms with Gasteiger partial charge >= 0.3 is 0 Å². The van der Waals surface area contributed by atoms with Crippen LogP contribution in [-0.4, -0.2) is 12.4 Å². The summed E-state index contributed by atoms with van der Waals surface area (Å²) in [5.74, 6) is 0.289. The highest BCUT2D eigenvalue weighted by atomic mass is 79.9. The summed E-state index contributed by atoms with van der Waals surface area (Å²) in [5, 5.41) is 1.04. The summed E-state index contributed by atoms with van der Waals surface area (Å²) >= 11 is 3.49. The molecule has 0 fully saturated rings. The van der Waals surface area contributed by atoms with Gasteiger partial charge in [0.05, 0.1) is 10.4 Å². The second-order valence-electron chi connectivity index (χ2n) is 7.68. The molecule has 0 saturated heterocycles. The molecule has 0 amide bonds. The molecule has 3 nitrogen and oxygen atoms in total. The molecule has 1 unspecified atom stereocenters. The van der Waals surface area contributed by atoms with E-state index < -0.39 is 10.0 Å². The summed E-state index contributed by atoms with van der Waals surface area (Å²) in [4.78, 5) is 0.332. The van der Waals surface area contributed by atoms with Crippen LogP contribution < -0.4 is 0 Å². The van der Waals surface area contributed by atoms with Gasteiger partial charge in [0.2, 0.25) is 0 Å². The highest BCUT2D eigenvalue weighted by Crippen LogP contribution is 2.41. The molecule has 0 radical (unpaired) electrons. The zero-order valence-electron chi connectivity index (χ0n) is 16.0. The third-order valence-electron chi connectivity index (χ3n) is 5.83. The van der Waals surface area contributed by atoms with E-state index in [2.05, 4.69) is 28.1 Å². The second-order valence-corrected chi connectivity index (χ2v) is 10.4. The predicted octanol–water partition coefficient (Wildman–Crippen LogP) is 5.83. The SMILES string of the molecule is Cc1ccc(S(=O)(=O)n2c3c(c4ccccc42)CC(c2ccc(Br)cc2)C3)cc1. The van der Waals surface area contributed by atoms with Crippen molar-refractivity contribution in [2.24, 2.45) is 0 Å². The minimum atomic E-state index is -3.67. The molecule has 1 aliphatic rings. The number of hydrogen-bond acceptors (Lipinski definition) is 2. The van der Waals surface area contributed by atoms with E-state index in [9.17, 15) is 8.42 Å². The highest BCUT2D eigenvalue weighted by molar-refractivity contribution is 9.10. The number of hydrogen-bond donors (Lipinski definition) is 0. The molecule has 0 aliphatic heterocycles. The summed E-state index contributed by atoms with van der Waals surface area (Å²) in [6.45, 7) is 1.96. The molecule has 1 atom stereocenters. The number of benzene rings is 3. The first-order chi connectivity index (χ1) is 13.9. The van der Waals surface area contributed by atoms with Crippen LogP contribution in [0.4, 0.5) is 0 Å². The Kier molecular flexibility index (Phi) is 4.41. The van der Waals surface area contributed by atoms with Crippen molar-refractivity contribution in [2.75, 3.05) is 0 Å². The average molecular weight is 466 g/mol. The minimum Gasteiger partial charge on any atom is -0.238 e. The first kappa shape index (κ1) is 18.6. The molecule has 146 valence electrons. The van der Waals surface area contributed by atoms with Crippen molar-refractivity contribution in [3.05, 3.63) is 99.7 Å². The minimum absolute atomic E-state index is 0.289. The third-order valence-corrected chi connectivity index (χ3v) is 8.13. The lowest BCUT2D eigenvalue weighted by molar-refractivity contribution is 0.586. The smallest absolute Gasteiger partial charge is 0.238 e. The Morgan fingerprint density at radius 1 is 0.897 bits per heavy atom. The fourth-order valence-electron chi connectivity index (χ4n) is 4.38. The van der Waals surface area contributed by atoms with Crippen LogP contribution in [-0.2, 0) is 22.9 Å². The van der Waals surface area contributed by atoms with Crippen molar-refractivity contribution in [1.29, 1.82) is 0 Å². The van der Waals surface area contributed by atoms with E-state index in [0.717, 1.165) is 45.0 Å². The lowest BCUT2D eigenvalue weighted by Gasteiger charge is -2.14. The Morgan fingerprint density at radius 2 is 1.59 bits per heavy atom. The number of halogens is 1. The Labute approximate surface area is 179 Å². The van der Waals surface area contributed by atoms with E-state index in [4.69, 9.17) is 0 Å². The number of fused-ring (bicyclic) bond motifs is 3. The molecule has 1 aliphatic carbocycles. The third kappa shape index (κ3) is 3.04. The van der Waals surface area contributed by atoms with Crippen molar-refractivity contribution in [1.82, 2.24) is 3.97 Å². The monoisotopic (exact) mass is 465 g/mol. The summed E-state index contributed by atoms with van der Waals surface area (Å²) in [6.07, 6.45) is 1.57. The lowest BCUT2D eigenvalue weighted by Crippen LogP contribution is -2.16. The topological polar surface area (TPSA) is 39.1 Å². The fraction of sp³-hybridized carbons (Fsp3) is 0.167. The van der Waals surface area contributed by atoms with Gasteiger partial charge in [-0.3, -0.25) is 0 Å². The molecule has 29 heavy (non-hydrogen) atoms. The number of aryl methyl sites for hydroxylation is 1. The highest BCUT2D eigenvalue weighted by Gasteiger charge is 2.33. The number of para-hydroxylation sites is 1. The maximum atomic E-state index is 13.6. The zero-order valence-corrected chi connectivity index (χ0v) is 18.4. The molecule has 3 aromatic carbocycles. The second kappa shape index (κ2) is 6.85. The fourth-order valence-corrected chi connectivity index (χ4v) is 6.22. The molecule has 1 heterocycles. The number of rotatable bonds is 3. The van der Waals surface area contributed by atoms with Crippen molar-refractivity contribution in [3.63, 3.8) is 0 Å². The first-order valence-electron chi connectivity index (χ1n) is 9.64. The van der Waals surface area contributed by atoms with E-state index in [1.54, 1.807) is 16.1 Å². The molecule has 0 saturated carbocycles. The largest absolute Gasteiger partial charge is 0.268 e. The van der Waals surface area contributed by atoms with Gasteiger partial charge in [0.1, 0.15) is 0 Å². The Balaban J connectivity index is 1.68. The quantitative estimate of drug-likeness (QED) is 0.381. The van der Waals surface area contributed by atoms with Crippen molar-refractivity contribution in [2.45, 2.75) is 30.6 Å². The Morgan fingerprint density at radius 3 is 2.31 bits per heavy atom. The lowest BCUT2D eigenvalue weighted by atomic mass is 9.96. The van der Waals surface area contributed by atoms with Crippen LogP contribution in [0.1, 0.15) is 28.3 Å². The molecule has 1 aromatic heterocycles. The number of aromatic nitrogens is 1. The van der Waals surface area contributed by atoms with Gasteiger partial charge in [-0.15, -0.1) is 0 Å². The Hall–Kier alpha value is -2.37. The van der Waals surface area contributed by atoms with E-state index in [0.29, 0.717) is 4.90 Å². The van der Waals surface area contributed by atoms with Gasteiger partial charge in [-0.25, -0.2) is 12.4 Å². The van der Waals surface area contributed by atoms with Crippen LogP contribution in [0.25, 0.3) is 10.9 Å². The molecular formula is C24H20BrNO2S. The molecule has 0 bridgehead atoms. The van der Waals surface area contributed by atoms with Gasteiger partial charge < -0.3 is 0 Å². The Bertz CT molecular complexity index is 1320. The summed E-state index contributed by atoms with van der Waals surface area (Å²) < 4.78 is 29.9. The molecular weight excluding hydrogens is 446 g/mol. The van der Waals surface area contributed by atoms with Crippen LogP contribution in [0.2, 0.25) is 0 Å². The van der Waals surface area contributed by atoms with Gasteiger partial charge in [0, 0.05) is 15.6 Å². The van der Waals surface area contributed by atoms with E-state index in [-0.39, 0.29) is 5.92 Å². The van der Waals surface area contributed by atoms with Gasteiger partial charge in [-0.05, 0) is 67.1 Å². The maximum absolute atomic E-state index is 13.6. The zero-order chi connectivity index (χ0) is 20.2. The van der Waals surface area contributed by atoms with Gasteiger partial charge in [-0.1, -0.05) is 64.0 Å². The summed E-state index contributed by atoms with van der Waals surface area (Å²) in [6, 6.07) is 23.3. The van der Waals surface area contributed by atoms with Crippen LogP contribution in [0.5, 0.6) is 0 Å². The molecule has 4 aromatic rings.